The van der Waals surface area contributed by atoms with Crippen molar-refractivity contribution in [3.8, 4) is 0 Å². The molecule has 0 unspecified atom stereocenters. The van der Waals surface area contributed by atoms with Gasteiger partial charge in [0, 0.05) is 12.6 Å². The number of hydrogen-bond donors (Lipinski definition) is 3. The van der Waals surface area contributed by atoms with Crippen molar-refractivity contribution in [1.29, 1.82) is 0 Å². The first-order chi connectivity index (χ1) is 11.4. The Balaban J connectivity index is 2.03. The summed E-state index contributed by atoms with van der Waals surface area (Å²) in [6, 6.07) is 6.30. The van der Waals surface area contributed by atoms with Gasteiger partial charge in [-0.3, -0.25) is 9.59 Å². The molecule has 24 heavy (non-hydrogen) atoms. The number of nitrogens with zero attached hydrogens (tertiary/aromatic N) is 1. The summed E-state index contributed by atoms with van der Waals surface area (Å²) in [6.07, 6.45) is -0.481. The molecule has 1 aromatic rings. The Hall–Kier alpha value is -2.67. The maximum Gasteiger partial charge on any atom is 0.352 e. The SMILES string of the molecule is CNC(=O)c1cccc(C2=C(C(=O)O)N3C(=O)[C@H]([C@@H](C)O)[C@H]3C2)c1. The quantitative estimate of drug-likeness (QED) is 0.695. The number of β-lactam (4-membered cyclic amide) rings is 1. The molecule has 2 aliphatic rings. The van der Waals surface area contributed by atoms with E-state index in [4.69, 9.17) is 0 Å². The van der Waals surface area contributed by atoms with Crippen LogP contribution in [0.3, 0.4) is 0 Å². The first-order valence-electron chi connectivity index (χ1n) is 7.67. The largest absolute Gasteiger partial charge is 0.477 e. The lowest BCUT2D eigenvalue weighted by atomic mass is 9.82. The Morgan fingerprint density at radius 3 is 2.67 bits per heavy atom. The molecule has 3 rings (SSSR count). The van der Waals surface area contributed by atoms with E-state index in [1.54, 1.807) is 24.3 Å². The van der Waals surface area contributed by atoms with E-state index in [0.717, 1.165) is 0 Å². The summed E-state index contributed by atoms with van der Waals surface area (Å²) in [5.74, 6) is -2.41. The molecule has 0 aromatic heterocycles. The number of rotatable bonds is 4. The molecule has 2 heterocycles. The molecule has 3 atom stereocenters. The second-order valence-corrected chi connectivity index (χ2v) is 6.04. The van der Waals surface area contributed by atoms with Gasteiger partial charge in [0.05, 0.1) is 18.1 Å². The van der Waals surface area contributed by atoms with Gasteiger partial charge in [0.25, 0.3) is 5.91 Å². The topological polar surface area (TPSA) is 107 Å². The fourth-order valence-corrected chi connectivity index (χ4v) is 3.52. The fraction of sp³-hybridized carbons (Fsp3) is 0.353. The molecule has 0 radical (unpaired) electrons. The molecule has 0 spiro atoms. The van der Waals surface area contributed by atoms with Crippen LogP contribution in [0.15, 0.2) is 30.0 Å². The van der Waals surface area contributed by atoms with Gasteiger partial charge >= 0.3 is 5.97 Å². The second-order valence-electron chi connectivity index (χ2n) is 6.04. The molecule has 1 saturated heterocycles. The molecule has 0 saturated carbocycles. The average Bonchev–Trinajstić information content (AvgIpc) is 2.89. The molecule has 7 heteroatoms. The van der Waals surface area contributed by atoms with Crippen LogP contribution in [0, 0.1) is 5.92 Å². The number of amides is 2. The first-order valence-corrected chi connectivity index (χ1v) is 7.67. The van der Waals surface area contributed by atoms with Crippen LogP contribution in [0.2, 0.25) is 0 Å². The molecule has 1 aromatic carbocycles. The molecule has 0 aliphatic carbocycles. The number of benzene rings is 1. The van der Waals surface area contributed by atoms with E-state index >= 15 is 0 Å². The molecule has 1 fully saturated rings. The van der Waals surface area contributed by atoms with E-state index < -0.39 is 18.0 Å². The minimum absolute atomic E-state index is 0.0593. The van der Waals surface area contributed by atoms with Crippen LogP contribution in [-0.4, -0.2) is 52.1 Å². The lowest BCUT2D eigenvalue weighted by Crippen LogP contribution is -2.61. The highest BCUT2D eigenvalue weighted by molar-refractivity contribution is 6.06. The summed E-state index contributed by atoms with van der Waals surface area (Å²) in [7, 11) is 1.52. The number of aliphatic hydroxyl groups excluding tert-OH is 1. The van der Waals surface area contributed by atoms with Crippen molar-refractivity contribution in [1.82, 2.24) is 10.2 Å². The Bertz CT molecular complexity index is 768. The lowest BCUT2D eigenvalue weighted by molar-refractivity contribution is -0.161. The van der Waals surface area contributed by atoms with E-state index in [-0.39, 0.29) is 23.6 Å². The minimum Gasteiger partial charge on any atom is -0.477 e. The van der Waals surface area contributed by atoms with E-state index in [2.05, 4.69) is 5.32 Å². The van der Waals surface area contributed by atoms with Gasteiger partial charge in [0.2, 0.25) is 5.91 Å². The lowest BCUT2D eigenvalue weighted by Gasteiger charge is -2.44. The minimum atomic E-state index is -1.18. The summed E-state index contributed by atoms with van der Waals surface area (Å²) >= 11 is 0. The van der Waals surface area contributed by atoms with Gasteiger partial charge in [-0.25, -0.2) is 4.79 Å². The zero-order chi connectivity index (χ0) is 17.6. The van der Waals surface area contributed by atoms with E-state index in [0.29, 0.717) is 23.1 Å². The third kappa shape index (κ3) is 2.28. The van der Waals surface area contributed by atoms with Crippen molar-refractivity contribution in [2.24, 2.45) is 5.92 Å². The van der Waals surface area contributed by atoms with E-state index in [9.17, 15) is 24.6 Å². The summed E-state index contributed by atoms with van der Waals surface area (Å²) in [4.78, 5) is 36.9. The predicted octanol–water partition coefficient (Wildman–Crippen LogP) is 0.453. The third-order valence-electron chi connectivity index (χ3n) is 4.63. The smallest absolute Gasteiger partial charge is 0.352 e. The number of carboxylic acid groups (broad SMARTS) is 1. The van der Waals surface area contributed by atoms with Crippen LogP contribution in [0.25, 0.3) is 5.57 Å². The highest BCUT2D eigenvalue weighted by atomic mass is 16.4. The van der Waals surface area contributed by atoms with Crippen molar-refractivity contribution in [2.45, 2.75) is 25.5 Å². The van der Waals surface area contributed by atoms with E-state index in [1.165, 1.54) is 18.9 Å². The number of carbonyl (C=O) groups excluding carboxylic acids is 2. The van der Waals surface area contributed by atoms with Gasteiger partial charge in [0.15, 0.2) is 0 Å². The highest BCUT2D eigenvalue weighted by Crippen LogP contribution is 2.46. The molecule has 3 N–H and O–H groups in total. The maximum atomic E-state index is 12.2. The molecular formula is C17H18N2O5. The number of fused-ring (bicyclic) bond motifs is 1. The van der Waals surface area contributed by atoms with Crippen LogP contribution in [0.1, 0.15) is 29.3 Å². The van der Waals surface area contributed by atoms with Crippen molar-refractivity contribution in [2.75, 3.05) is 7.05 Å². The Morgan fingerprint density at radius 2 is 2.08 bits per heavy atom. The van der Waals surface area contributed by atoms with Gasteiger partial charge in [-0.2, -0.15) is 0 Å². The van der Waals surface area contributed by atoms with Crippen LogP contribution >= 0.6 is 0 Å². The predicted molar refractivity (Wildman–Crippen MR) is 84.8 cm³/mol. The normalized spacial score (nSPS) is 23.6. The number of carboxylic acids is 1. The number of hydrogen-bond acceptors (Lipinski definition) is 4. The monoisotopic (exact) mass is 330 g/mol. The van der Waals surface area contributed by atoms with Gasteiger partial charge in [-0.15, -0.1) is 0 Å². The zero-order valence-electron chi connectivity index (χ0n) is 13.3. The Kier molecular flexibility index (Phi) is 3.88. The third-order valence-corrected chi connectivity index (χ3v) is 4.63. The number of nitrogens with one attached hydrogen (secondary N) is 1. The average molecular weight is 330 g/mol. The number of aliphatic carboxylic acids is 1. The van der Waals surface area contributed by atoms with Crippen LogP contribution in [-0.2, 0) is 9.59 Å². The van der Waals surface area contributed by atoms with Crippen molar-refractivity contribution in [3.63, 3.8) is 0 Å². The fourth-order valence-electron chi connectivity index (χ4n) is 3.52. The summed E-state index contributed by atoms with van der Waals surface area (Å²) < 4.78 is 0. The van der Waals surface area contributed by atoms with Crippen molar-refractivity contribution >= 4 is 23.4 Å². The molecule has 0 bridgehead atoms. The van der Waals surface area contributed by atoms with Crippen LogP contribution < -0.4 is 5.32 Å². The second kappa shape index (κ2) is 5.76. The standard InChI is InChI=1S/C17H18N2O5/c1-8(20)13-12-7-11(14(17(23)24)19(12)16(13)22)9-4-3-5-10(6-9)15(21)18-2/h3-6,8,12-13,20H,7H2,1-2H3,(H,18,21)(H,23,24)/t8-,12-,13-/m1/s1. The molecule has 126 valence electrons. The number of carbonyl (C=O) groups is 3. The Labute approximate surface area is 138 Å². The van der Waals surface area contributed by atoms with Gasteiger partial charge in [-0.1, -0.05) is 12.1 Å². The van der Waals surface area contributed by atoms with Crippen molar-refractivity contribution < 1.29 is 24.6 Å². The van der Waals surface area contributed by atoms with Crippen molar-refractivity contribution in [3.05, 3.63) is 41.1 Å². The van der Waals surface area contributed by atoms with E-state index in [1.807, 2.05) is 0 Å². The van der Waals surface area contributed by atoms with Crippen LogP contribution in [0.4, 0.5) is 0 Å². The molecule has 7 nitrogen and oxygen atoms in total. The first kappa shape index (κ1) is 16.2. The summed E-state index contributed by atoms with van der Waals surface area (Å²) in [5.41, 5.74) is 1.46. The maximum absolute atomic E-state index is 12.2. The summed E-state index contributed by atoms with van der Waals surface area (Å²) in [5, 5.41) is 21.8. The highest BCUT2D eigenvalue weighted by Gasteiger charge is 2.56. The van der Waals surface area contributed by atoms with Gasteiger partial charge < -0.3 is 20.4 Å². The Morgan fingerprint density at radius 1 is 1.38 bits per heavy atom. The molecular weight excluding hydrogens is 312 g/mol. The molecule has 2 amide bonds. The number of aliphatic hydroxyl groups is 1. The molecule has 2 aliphatic heterocycles. The zero-order valence-corrected chi connectivity index (χ0v) is 13.3. The summed E-state index contributed by atoms with van der Waals surface area (Å²) in [6.45, 7) is 1.53. The van der Waals surface area contributed by atoms with Crippen LogP contribution in [0.5, 0.6) is 0 Å². The van der Waals surface area contributed by atoms with Gasteiger partial charge in [-0.05, 0) is 36.6 Å². The van der Waals surface area contributed by atoms with Gasteiger partial charge in [0.1, 0.15) is 5.70 Å².